The lowest BCUT2D eigenvalue weighted by Gasteiger charge is -2.28. The van der Waals surface area contributed by atoms with E-state index in [-0.39, 0.29) is 11.4 Å². The number of ether oxygens (including phenoxy) is 1. The van der Waals surface area contributed by atoms with Gasteiger partial charge in [0.15, 0.2) is 0 Å². The Morgan fingerprint density at radius 1 is 1.37 bits per heavy atom. The van der Waals surface area contributed by atoms with Crippen LogP contribution in [0.4, 0.5) is 5.69 Å². The maximum atomic E-state index is 11.7. The summed E-state index contributed by atoms with van der Waals surface area (Å²) in [6, 6.07) is 7.48. The van der Waals surface area contributed by atoms with Crippen LogP contribution in [0.5, 0.6) is 0 Å². The third kappa shape index (κ3) is 4.24. The zero-order chi connectivity index (χ0) is 14.5. The lowest BCUT2D eigenvalue weighted by molar-refractivity contribution is 0.0601. The summed E-state index contributed by atoms with van der Waals surface area (Å²) in [5.74, 6) is -0.305. The molecule has 0 amide bonds. The van der Waals surface area contributed by atoms with Gasteiger partial charge in [0.1, 0.15) is 0 Å². The summed E-state index contributed by atoms with van der Waals surface area (Å²) >= 11 is 0. The van der Waals surface area contributed by atoms with E-state index in [0.717, 1.165) is 18.7 Å². The third-order valence-electron chi connectivity index (χ3n) is 3.40. The van der Waals surface area contributed by atoms with Gasteiger partial charge in [0.25, 0.3) is 0 Å². The molecule has 0 radical (unpaired) electrons. The lowest BCUT2D eigenvalue weighted by Crippen LogP contribution is -2.30. The van der Waals surface area contributed by atoms with Gasteiger partial charge in [0.2, 0.25) is 0 Å². The molecule has 0 unspecified atom stereocenters. The number of carbonyl (C=O) groups excluding carboxylic acids is 1. The van der Waals surface area contributed by atoms with Gasteiger partial charge in [0.05, 0.1) is 18.4 Å². The highest BCUT2D eigenvalue weighted by atomic mass is 16.5. The van der Waals surface area contributed by atoms with Crippen LogP contribution in [0.15, 0.2) is 24.3 Å². The van der Waals surface area contributed by atoms with Gasteiger partial charge in [-0.1, -0.05) is 26.0 Å². The van der Waals surface area contributed by atoms with E-state index in [1.807, 2.05) is 25.2 Å². The van der Waals surface area contributed by atoms with Crippen molar-refractivity contribution >= 4 is 11.7 Å². The Morgan fingerprint density at radius 3 is 2.58 bits per heavy atom. The number of rotatable bonds is 6. The van der Waals surface area contributed by atoms with Gasteiger partial charge in [0, 0.05) is 13.6 Å². The van der Waals surface area contributed by atoms with E-state index < -0.39 is 0 Å². The maximum absolute atomic E-state index is 11.7. The smallest absolute Gasteiger partial charge is 0.339 e. The van der Waals surface area contributed by atoms with E-state index in [4.69, 9.17) is 10.5 Å². The zero-order valence-corrected chi connectivity index (χ0v) is 12.3. The Hall–Kier alpha value is -1.55. The maximum Gasteiger partial charge on any atom is 0.339 e. The first-order chi connectivity index (χ1) is 8.91. The van der Waals surface area contributed by atoms with Gasteiger partial charge in [-0.2, -0.15) is 0 Å². The van der Waals surface area contributed by atoms with E-state index in [1.165, 1.54) is 7.11 Å². The molecule has 106 valence electrons. The van der Waals surface area contributed by atoms with Crippen LogP contribution in [-0.4, -0.2) is 33.2 Å². The van der Waals surface area contributed by atoms with Gasteiger partial charge in [-0.15, -0.1) is 0 Å². The summed E-state index contributed by atoms with van der Waals surface area (Å²) in [7, 11) is 3.38. The largest absolute Gasteiger partial charge is 0.465 e. The second-order valence-electron chi connectivity index (χ2n) is 5.55. The minimum Gasteiger partial charge on any atom is -0.465 e. The van der Waals surface area contributed by atoms with Gasteiger partial charge in [-0.05, 0) is 30.5 Å². The fourth-order valence-electron chi connectivity index (χ4n) is 1.78. The zero-order valence-electron chi connectivity index (χ0n) is 12.3. The summed E-state index contributed by atoms with van der Waals surface area (Å²) in [6.07, 6.45) is 0.968. The number of anilines is 1. The Morgan fingerprint density at radius 2 is 2.00 bits per heavy atom. The molecule has 0 aliphatic rings. The summed E-state index contributed by atoms with van der Waals surface area (Å²) in [4.78, 5) is 13.8. The van der Waals surface area contributed by atoms with Crippen molar-refractivity contribution < 1.29 is 9.53 Å². The predicted molar refractivity (Wildman–Crippen MR) is 78.5 cm³/mol. The van der Waals surface area contributed by atoms with Crippen molar-refractivity contribution in [2.24, 2.45) is 11.1 Å². The minimum absolute atomic E-state index is 0.106. The predicted octanol–water partition coefficient (Wildman–Crippen LogP) is 2.28. The Bertz CT molecular complexity index is 430. The number of benzene rings is 1. The number of methoxy groups -OCH3 is 1. The third-order valence-corrected chi connectivity index (χ3v) is 3.40. The molecule has 4 heteroatoms. The summed E-state index contributed by atoms with van der Waals surface area (Å²) in [6.45, 7) is 5.79. The van der Waals surface area contributed by atoms with Crippen LogP contribution in [-0.2, 0) is 4.74 Å². The fraction of sp³-hybridized carbons (Fsp3) is 0.533. The molecule has 0 saturated carbocycles. The molecule has 0 aliphatic carbocycles. The molecular formula is C15H24N2O2. The van der Waals surface area contributed by atoms with E-state index >= 15 is 0 Å². The molecule has 0 saturated heterocycles. The SMILES string of the molecule is COC(=O)c1ccccc1N(C)CCC(C)(C)CN. The number of hydrogen-bond donors (Lipinski definition) is 1. The van der Waals surface area contributed by atoms with Crippen LogP contribution >= 0.6 is 0 Å². The molecule has 4 nitrogen and oxygen atoms in total. The average molecular weight is 264 g/mol. The monoisotopic (exact) mass is 264 g/mol. The first-order valence-electron chi connectivity index (χ1n) is 6.50. The topological polar surface area (TPSA) is 55.6 Å². The number of esters is 1. The molecule has 1 aromatic rings. The highest BCUT2D eigenvalue weighted by molar-refractivity contribution is 5.95. The van der Waals surface area contributed by atoms with Gasteiger partial charge >= 0.3 is 5.97 Å². The van der Waals surface area contributed by atoms with Crippen LogP contribution in [0.25, 0.3) is 0 Å². The molecule has 0 fully saturated rings. The molecule has 0 heterocycles. The Labute approximate surface area is 115 Å². The molecule has 0 atom stereocenters. The highest BCUT2D eigenvalue weighted by Gasteiger charge is 2.18. The van der Waals surface area contributed by atoms with E-state index in [9.17, 15) is 4.79 Å². The Kier molecular flexibility index (Phi) is 5.36. The van der Waals surface area contributed by atoms with Crippen LogP contribution in [0.1, 0.15) is 30.6 Å². The normalized spacial score (nSPS) is 11.2. The van der Waals surface area contributed by atoms with Crippen molar-refractivity contribution in [3.05, 3.63) is 29.8 Å². The van der Waals surface area contributed by atoms with Crippen LogP contribution < -0.4 is 10.6 Å². The highest BCUT2D eigenvalue weighted by Crippen LogP contribution is 2.23. The van der Waals surface area contributed by atoms with Crippen molar-refractivity contribution in [1.29, 1.82) is 0 Å². The number of carbonyl (C=O) groups is 1. The molecular weight excluding hydrogens is 240 g/mol. The number of nitrogens with two attached hydrogens (primary N) is 1. The molecule has 0 bridgehead atoms. The second-order valence-corrected chi connectivity index (χ2v) is 5.55. The van der Waals surface area contributed by atoms with E-state index in [1.54, 1.807) is 6.07 Å². The second kappa shape index (κ2) is 6.57. The summed E-state index contributed by atoms with van der Waals surface area (Å²) < 4.78 is 4.81. The number of para-hydroxylation sites is 1. The van der Waals surface area contributed by atoms with E-state index in [2.05, 4.69) is 18.7 Å². The van der Waals surface area contributed by atoms with Crippen molar-refractivity contribution in [3.63, 3.8) is 0 Å². The Balaban J connectivity index is 2.82. The van der Waals surface area contributed by atoms with Crippen molar-refractivity contribution in [2.75, 3.05) is 32.1 Å². The average Bonchev–Trinajstić information content (AvgIpc) is 2.44. The first kappa shape index (κ1) is 15.5. The molecule has 2 N–H and O–H groups in total. The molecule has 0 aromatic heterocycles. The lowest BCUT2D eigenvalue weighted by atomic mass is 9.89. The standard InChI is InChI=1S/C15H24N2O2/c1-15(2,11-16)9-10-17(3)13-8-6-5-7-12(13)14(18)19-4/h5-8H,9-11,16H2,1-4H3. The van der Waals surface area contributed by atoms with Crippen molar-refractivity contribution in [2.45, 2.75) is 20.3 Å². The fourth-order valence-corrected chi connectivity index (χ4v) is 1.78. The van der Waals surface area contributed by atoms with Crippen molar-refractivity contribution in [1.82, 2.24) is 0 Å². The van der Waals surface area contributed by atoms with Gasteiger partial charge < -0.3 is 15.4 Å². The number of hydrogen-bond acceptors (Lipinski definition) is 4. The molecule has 0 spiro atoms. The van der Waals surface area contributed by atoms with Crippen molar-refractivity contribution in [3.8, 4) is 0 Å². The molecule has 1 rings (SSSR count). The van der Waals surface area contributed by atoms with Gasteiger partial charge in [-0.3, -0.25) is 0 Å². The first-order valence-corrected chi connectivity index (χ1v) is 6.50. The molecule has 0 aliphatic heterocycles. The summed E-state index contributed by atoms with van der Waals surface area (Å²) in [5, 5.41) is 0. The van der Waals surface area contributed by atoms with Crippen LogP contribution in [0.3, 0.4) is 0 Å². The van der Waals surface area contributed by atoms with Crippen LogP contribution in [0.2, 0.25) is 0 Å². The molecule has 19 heavy (non-hydrogen) atoms. The minimum atomic E-state index is -0.305. The van der Waals surface area contributed by atoms with E-state index in [0.29, 0.717) is 12.1 Å². The molecule has 1 aromatic carbocycles. The quantitative estimate of drug-likeness (QED) is 0.801. The number of nitrogens with zero attached hydrogens (tertiary/aromatic N) is 1. The van der Waals surface area contributed by atoms with Gasteiger partial charge in [-0.25, -0.2) is 4.79 Å². The van der Waals surface area contributed by atoms with Crippen LogP contribution in [0, 0.1) is 5.41 Å². The summed E-state index contributed by atoms with van der Waals surface area (Å²) in [5.41, 5.74) is 7.33.